The van der Waals surface area contributed by atoms with E-state index in [9.17, 15) is 22.8 Å². The van der Waals surface area contributed by atoms with E-state index in [-0.39, 0.29) is 36.8 Å². The second kappa shape index (κ2) is 8.70. The molecule has 2 aromatic carbocycles. The molecule has 2 aromatic rings. The molecule has 7 heteroatoms. The molecular formula is C20H21F3N2O2. The number of hydrogen-bond donors (Lipinski definition) is 2. The molecule has 27 heavy (non-hydrogen) atoms. The van der Waals surface area contributed by atoms with Crippen molar-refractivity contribution in [1.82, 2.24) is 10.6 Å². The summed E-state index contributed by atoms with van der Waals surface area (Å²) < 4.78 is 40.3. The van der Waals surface area contributed by atoms with Gasteiger partial charge in [0.1, 0.15) is 17.5 Å². The van der Waals surface area contributed by atoms with E-state index in [0.29, 0.717) is 11.6 Å². The number of nitrogens with one attached hydrogen (secondary N) is 2. The van der Waals surface area contributed by atoms with Gasteiger partial charge in [-0.1, -0.05) is 32.0 Å². The quantitative estimate of drug-likeness (QED) is 0.777. The molecule has 144 valence electrons. The molecule has 2 amide bonds. The summed E-state index contributed by atoms with van der Waals surface area (Å²) >= 11 is 0. The van der Waals surface area contributed by atoms with Gasteiger partial charge in [-0.2, -0.15) is 0 Å². The van der Waals surface area contributed by atoms with E-state index in [1.54, 1.807) is 18.2 Å². The fourth-order valence-electron chi connectivity index (χ4n) is 2.57. The summed E-state index contributed by atoms with van der Waals surface area (Å²) in [4.78, 5) is 23.8. The summed E-state index contributed by atoms with van der Waals surface area (Å²) in [6.07, 6.45) is -0.0259. The van der Waals surface area contributed by atoms with Gasteiger partial charge in [0.15, 0.2) is 0 Å². The highest BCUT2D eigenvalue weighted by molar-refractivity contribution is 5.94. The van der Waals surface area contributed by atoms with Crippen molar-refractivity contribution in [2.45, 2.75) is 25.7 Å². The van der Waals surface area contributed by atoms with Crippen LogP contribution in [0.5, 0.6) is 0 Å². The van der Waals surface area contributed by atoms with Gasteiger partial charge < -0.3 is 10.6 Å². The molecule has 0 saturated heterocycles. The molecule has 0 heterocycles. The molecule has 4 nitrogen and oxygen atoms in total. The molecule has 0 atom stereocenters. The topological polar surface area (TPSA) is 58.2 Å². The second-order valence-electron chi connectivity index (χ2n) is 6.77. The predicted molar refractivity (Wildman–Crippen MR) is 95.7 cm³/mol. The van der Waals surface area contributed by atoms with E-state index in [4.69, 9.17) is 0 Å². The lowest BCUT2D eigenvalue weighted by Gasteiger charge is -2.26. The van der Waals surface area contributed by atoms with Crippen molar-refractivity contribution >= 4 is 11.8 Å². The van der Waals surface area contributed by atoms with Gasteiger partial charge in [0, 0.05) is 31.0 Å². The lowest BCUT2D eigenvalue weighted by atomic mass is 9.84. The Kier molecular flexibility index (Phi) is 6.60. The van der Waals surface area contributed by atoms with Crippen molar-refractivity contribution < 1.29 is 22.8 Å². The van der Waals surface area contributed by atoms with Crippen molar-refractivity contribution in [1.29, 1.82) is 0 Å². The zero-order valence-electron chi connectivity index (χ0n) is 15.1. The van der Waals surface area contributed by atoms with Crippen molar-refractivity contribution in [2.24, 2.45) is 0 Å². The predicted octanol–water partition coefficient (Wildman–Crippen LogP) is 3.32. The first-order valence-electron chi connectivity index (χ1n) is 8.45. The summed E-state index contributed by atoms with van der Waals surface area (Å²) in [5, 5.41) is 5.11. The molecule has 0 aliphatic heterocycles. The van der Waals surface area contributed by atoms with Crippen molar-refractivity contribution in [2.75, 3.05) is 13.1 Å². The second-order valence-corrected chi connectivity index (χ2v) is 6.77. The SMILES string of the molecule is CC(C)(CNC(=O)CCNC(=O)c1ccc(F)cc1F)c1ccccc1F. The van der Waals surface area contributed by atoms with Crippen LogP contribution in [0.3, 0.4) is 0 Å². The van der Waals surface area contributed by atoms with Crippen LogP contribution in [0.4, 0.5) is 13.2 Å². The Balaban J connectivity index is 1.81. The van der Waals surface area contributed by atoms with Gasteiger partial charge in [0.25, 0.3) is 5.91 Å². The molecule has 2 N–H and O–H groups in total. The first-order valence-corrected chi connectivity index (χ1v) is 8.45. The van der Waals surface area contributed by atoms with Gasteiger partial charge in [-0.3, -0.25) is 9.59 Å². The Bertz CT molecular complexity index is 838. The third-order valence-electron chi connectivity index (χ3n) is 4.14. The van der Waals surface area contributed by atoms with E-state index < -0.39 is 23.0 Å². The van der Waals surface area contributed by atoms with Crippen molar-refractivity contribution in [3.8, 4) is 0 Å². The number of rotatable bonds is 7. The van der Waals surface area contributed by atoms with Gasteiger partial charge in [0.05, 0.1) is 5.56 Å². The fraction of sp³-hybridized carbons (Fsp3) is 0.300. The van der Waals surface area contributed by atoms with Crippen LogP contribution < -0.4 is 10.6 Å². The maximum absolute atomic E-state index is 13.9. The van der Waals surface area contributed by atoms with Crippen LogP contribution in [0.15, 0.2) is 42.5 Å². The maximum atomic E-state index is 13.9. The Hall–Kier alpha value is -2.83. The average Bonchev–Trinajstić information content (AvgIpc) is 2.60. The van der Waals surface area contributed by atoms with Gasteiger partial charge in [0.2, 0.25) is 5.91 Å². The van der Waals surface area contributed by atoms with E-state index in [0.717, 1.165) is 12.1 Å². The summed E-state index contributed by atoms with van der Waals surface area (Å²) in [5.41, 5.74) is -0.413. The number of carbonyl (C=O) groups excluding carboxylic acids is 2. The lowest BCUT2D eigenvalue weighted by molar-refractivity contribution is -0.121. The van der Waals surface area contributed by atoms with Crippen LogP contribution in [0, 0.1) is 17.5 Å². The molecule has 0 aliphatic rings. The zero-order chi connectivity index (χ0) is 20.0. The monoisotopic (exact) mass is 378 g/mol. The summed E-state index contributed by atoms with van der Waals surface area (Å²) in [7, 11) is 0. The minimum Gasteiger partial charge on any atom is -0.355 e. The molecule has 0 unspecified atom stereocenters. The Morgan fingerprint density at radius 1 is 0.963 bits per heavy atom. The van der Waals surface area contributed by atoms with Gasteiger partial charge >= 0.3 is 0 Å². The highest BCUT2D eigenvalue weighted by atomic mass is 19.1. The molecule has 0 radical (unpaired) electrons. The third-order valence-corrected chi connectivity index (χ3v) is 4.14. The van der Waals surface area contributed by atoms with E-state index >= 15 is 0 Å². The van der Waals surface area contributed by atoms with Crippen LogP contribution in [-0.4, -0.2) is 24.9 Å². The Morgan fingerprint density at radius 3 is 2.33 bits per heavy atom. The van der Waals surface area contributed by atoms with Crippen molar-refractivity contribution in [3.63, 3.8) is 0 Å². The number of carbonyl (C=O) groups is 2. The van der Waals surface area contributed by atoms with Gasteiger partial charge in [-0.25, -0.2) is 13.2 Å². The van der Waals surface area contributed by atoms with Gasteiger partial charge in [-0.15, -0.1) is 0 Å². The van der Waals surface area contributed by atoms with Crippen LogP contribution >= 0.6 is 0 Å². The molecule has 0 spiro atoms. The average molecular weight is 378 g/mol. The standard InChI is InChI=1S/C20H21F3N2O2/c1-20(2,15-5-3-4-6-16(15)22)12-25-18(26)9-10-24-19(27)14-8-7-13(21)11-17(14)23/h3-8,11H,9-10,12H2,1-2H3,(H,24,27)(H,25,26). The Labute approximate surface area is 155 Å². The van der Waals surface area contributed by atoms with E-state index in [1.165, 1.54) is 6.07 Å². The normalized spacial score (nSPS) is 11.1. The summed E-state index contributed by atoms with van der Waals surface area (Å²) in [6, 6.07) is 8.99. The summed E-state index contributed by atoms with van der Waals surface area (Å²) in [6.45, 7) is 3.82. The zero-order valence-corrected chi connectivity index (χ0v) is 15.1. The third kappa shape index (κ3) is 5.57. The summed E-state index contributed by atoms with van der Waals surface area (Å²) in [5.74, 6) is -3.15. The molecule has 0 bridgehead atoms. The highest BCUT2D eigenvalue weighted by Gasteiger charge is 2.24. The fourth-order valence-corrected chi connectivity index (χ4v) is 2.57. The molecule has 0 aliphatic carbocycles. The Morgan fingerprint density at radius 2 is 1.67 bits per heavy atom. The minimum atomic E-state index is -0.969. The van der Waals surface area contributed by atoms with Crippen molar-refractivity contribution in [3.05, 3.63) is 71.0 Å². The van der Waals surface area contributed by atoms with Gasteiger partial charge in [-0.05, 0) is 23.8 Å². The van der Waals surface area contributed by atoms with Crippen LogP contribution in [0.1, 0.15) is 36.2 Å². The molecule has 0 fully saturated rings. The first-order chi connectivity index (χ1) is 12.7. The first kappa shape index (κ1) is 20.5. The molecule has 2 rings (SSSR count). The largest absolute Gasteiger partial charge is 0.355 e. The number of halogens is 3. The molecular weight excluding hydrogens is 357 g/mol. The van der Waals surface area contributed by atoms with Crippen LogP contribution in [-0.2, 0) is 10.2 Å². The van der Waals surface area contributed by atoms with E-state index in [2.05, 4.69) is 10.6 Å². The smallest absolute Gasteiger partial charge is 0.254 e. The number of hydrogen-bond acceptors (Lipinski definition) is 2. The number of benzene rings is 2. The van der Waals surface area contributed by atoms with Crippen LogP contribution in [0.25, 0.3) is 0 Å². The maximum Gasteiger partial charge on any atom is 0.254 e. The lowest BCUT2D eigenvalue weighted by Crippen LogP contribution is -2.38. The highest BCUT2D eigenvalue weighted by Crippen LogP contribution is 2.24. The van der Waals surface area contributed by atoms with Crippen LogP contribution in [0.2, 0.25) is 0 Å². The molecule has 0 aromatic heterocycles. The number of amides is 2. The molecule has 0 saturated carbocycles. The van der Waals surface area contributed by atoms with E-state index in [1.807, 2.05) is 13.8 Å². The minimum absolute atomic E-state index is 0.0123.